The number of hydrogen-bond donors (Lipinski definition) is 2. The van der Waals surface area contributed by atoms with Crippen molar-refractivity contribution in [3.63, 3.8) is 0 Å². The second-order valence-electron chi connectivity index (χ2n) is 12.7. The van der Waals surface area contributed by atoms with Crippen LogP contribution in [0.3, 0.4) is 0 Å². The van der Waals surface area contributed by atoms with Crippen molar-refractivity contribution >= 4 is 51.0 Å². The molecule has 52 heavy (non-hydrogen) atoms. The number of para-hydroxylation sites is 2. The van der Waals surface area contributed by atoms with Gasteiger partial charge in [0, 0.05) is 29.1 Å². The lowest BCUT2D eigenvalue weighted by Crippen LogP contribution is -2.29. The summed E-state index contributed by atoms with van der Waals surface area (Å²) in [6.07, 6.45) is 15.0. The summed E-state index contributed by atoms with van der Waals surface area (Å²) in [7, 11) is 1.52. The molecule has 4 rings (SSSR count). The van der Waals surface area contributed by atoms with E-state index in [-0.39, 0.29) is 34.9 Å². The zero-order chi connectivity index (χ0) is 37.1. The molecule has 2 N–H and O–H groups in total. The van der Waals surface area contributed by atoms with Gasteiger partial charge in [0.05, 0.1) is 30.7 Å². The number of aromatic hydroxyl groups is 1. The topological polar surface area (TPSA) is 149 Å². The molecule has 0 atom stereocenters. The van der Waals surface area contributed by atoms with E-state index in [1.54, 1.807) is 53.4 Å². The van der Waals surface area contributed by atoms with Crippen molar-refractivity contribution < 1.29 is 29.0 Å². The zero-order valence-electron chi connectivity index (χ0n) is 30.6. The summed E-state index contributed by atoms with van der Waals surface area (Å²) >= 11 is 0.823. The van der Waals surface area contributed by atoms with Crippen LogP contribution in [0.4, 0.5) is 16.2 Å². The van der Waals surface area contributed by atoms with E-state index in [9.17, 15) is 19.5 Å². The lowest BCUT2D eigenvalue weighted by molar-refractivity contribution is -0.144. The second kappa shape index (κ2) is 21.7. The monoisotopic (exact) mass is 732 g/mol. The zero-order valence-corrected chi connectivity index (χ0v) is 31.5. The normalized spacial score (nSPS) is 11.1. The average Bonchev–Trinajstić information content (AvgIpc) is 3.58. The standard InChI is InChI=1S/C39H52N6O6S/c1-4-6-7-8-9-10-11-12-13-14-15-18-26-44(39(49)52-38-41-42-43-45(38)28-35(46)51-27-5-2)33-22-19-20-30-29(33)24-25-31(36(30)47)37(48)40-32-21-16-17-23-34(32)50-3/h16-17,19-25,47H,4-15,18,26-28H2,1-3H3,(H,40,48). The number of methoxy groups -OCH3 is 1. The molecule has 0 aliphatic heterocycles. The minimum absolute atomic E-state index is 0.0814. The largest absolute Gasteiger partial charge is 0.506 e. The number of nitrogens with zero attached hydrogens (tertiary/aromatic N) is 5. The quantitative estimate of drug-likeness (QED) is 0.0455. The van der Waals surface area contributed by atoms with E-state index >= 15 is 0 Å². The predicted octanol–water partition coefficient (Wildman–Crippen LogP) is 9.17. The van der Waals surface area contributed by atoms with Crippen LogP contribution in [-0.2, 0) is 16.1 Å². The van der Waals surface area contributed by atoms with E-state index in [1.807, 2.05) is 13.0 Å². The molecule has 12 nitrogen and oxygen atoms in total. The number of esters is 1. The van der Waals surface area contributed by atoms with E-state index in [0.29, 0.717) is 40.9 Å². The number of carbonyl (C=O) groups excluding carboxylic acids is 3. The highest BCUT2D eigenvalue weighted by Gasteiger charge is 2.25. The van der Waals surface area contributed by atoms with Gasteiger partial charge in [-0.05, 0) is 47.5 Å². The van der Waals surface area contributed by atoms with E-state index in [0.717, 1.165) is 37.4 Å². The summed E-state index contributed by atoms with van der Waals surface area (Å²) in [5, 5.41) is 26.6. The molecule has 0 aliphatic carbocycles. The van der Waals surface area contributed by atoms with Crippen molar-refractivity contribution in [2.75, 3.05) is 30.5 Å². The van der Waals surface area contributed by atoms with E-state index in [2.05, 4.69) is 27.8 Å². The van der Waals surface area contributed by atoms with Gasteiger partial charge in [0.25, 0.3) is 11.1 Å². The number of unbranched alkanes of at least 4 members (excludes halogenated alkanes) is 11. The molecular formula is C39H52N6O6S. The van der Waals surface area contributed by atoms with E-state index in [4.69, 9.17) is 9.47 Å². The maximum absolute atomic E-state index is 14.0. The van der Waals surface area contributed by atoms with Crippen molar-refractivity contribution in [3.05, 3.63) is 60.2 Å². The van der Waals surface area contributed by atoms with Gasteiger partial charge in [-0.2, -0.15) is 0 Å². The first-order chi connectivity index (χ1) is 25.4. The number of ether oxygens (including phenoxy) is 2. The van der Waals surface area contributed by atoms with Crippen molar-refractivity contribution in [2.24, 2.45) is 0 Å². The number of anilines is 2. The van der Waals surface area contributed by atoms with E-state index in [1.165, 1.54) is 63.2 Å². The second-order valence-corrected chi connectivity index (χ2v) is 13.7. The molecule has 280 valence electrons. The summed E-state index contributed by atoms with van der Waals surface area (Å²) < 4.78 is 11.8. The van der Waals surface area contributed by atoms with Crippen LogP contribution >= 0.6 is 11.8 Å². The molecule has 0 spiro atoms. The minimum atomic E-state index is -0.501. The Bertz CT molecular complexity index is 1750. The number of benzene rings is 3. The Morgan fingerprint density at radius 1 is 0.827 bits per heavy atom. The number of thioether (sulfide) groups is 1. The van der Waals surface area contributed by atoms with Gasteiger partial charge in [-0.1, -0.05) is 115 Å². The van der Waals surface area contributed by atoms with Gasteiger partial charge in [-0.15, -0.1) is 5.10 Å². The number of nitrogens with one attached hydrogen (secondary N) is 1. The molecule has 0 unspecified atom stereocenters. The molecule has 0 aliphatic rings. The predicted molar refractivity (Wildman–Crippen MR) is 205 cm³/mol. The highest BCUT2D eigenvalue weighted by atomic mass is 32.2. The molecule has 4 aromatic rings. The molecule has 0 radical (unpaired) electrons. The Morgan fingerprint density at radius 3 is 2.21 bits per heavy atom. The van der Waals surface area contributed by atoms with Gasteiger partial charge >= 0.3 is 5.97 Å². The number of amides is 2. The molecular weight excluding hydrogens is 681 g/mol. The molecule has 0 fully saturated rings. The third kappa shape index (κ3) is 11.7. The number of hydrogen-bond acceptors (Lipinski definition) is 10. The van der Waals surface area contributed by atoms with Gasteiger partial charge in [0.2, 0.25) is 5.16 Å². The third-order valence-electron chi connectivity index (χ3n) is 8.78. The summed E-state index contributed by atoms with van der Waals surface area (Å²) in [5.41, 5.74) is 1.13. The highest BCUT2D eigenvalue weighted by molar-refractivity contribution is 8.13. The van der Waals surface area contributed by atoms with Crippen LogP contribution in [0, 0.1) is 0 Å². The van der Waals surface area contributed by atoms with Crippen LogP contribution in [0.15, 0.2) is 59.8 Å². The maximum Gasteiger partial charge on any atom is 0.327 e. The van der Waals surface area contributed by atoms with Gasteiger partial charge in [0.1, 0.15) is 18.0 Å². The summed E-state index contributed by atoms with van der Waals surface area (Å²) in [6, 6.07) is 15.6. The molecule has 0 saturated carbocycles. The fourth-order valence-corrected chi connectivity index (χ4v) is 6.73. The number of tetrazole rings is 1. The van der Waals surface area contributed by atoms with Crippen LogP contribution in [0.5, 0.6) is 11.5 Å². The van der Waals surface area contributed by atoms with Gasteiger partial charge < -0.3 is 24.8 Å². The number of aromatic nitrogens is 4. The number of phenolic OH excluding ortho intramolecular Hbond substituents is 1. The molecule has 0 saturated heterocycles. The Kier molecular flexibility index (Phi) is 16.7. The molecule has 1 heterocycles. The first kappa shape index (κ1) is 40.1. The number of carbonyl (C=O) groups is 3. The van der Waals surface area contributed by atoms with Crippen LogP contribution in [0.2, 0.25) is 0 Å². The minimum Gasteiger partial charge on any atom is -0.506 e. The molecule has 1 aromatic heterocycles. The maximum atomic E-state index is 14.0. The molecule has 13 heteroatoms. The highest BCUT2D eigenvalue weighted by Crippen LogP contribution is 2.37. The van der Waals surface area contributed by atoms with Crippen molar-refractivity contribution in [1.82, 2.24) is 20.2 Å². The third-order valence-corrected chi connectivity index (χ3v) is 9.65. The Balaban J connectivity index is 1.50. The summed E-state index contributed by atoms with van der Waals surface area (Å²) in [4.78, 5) is 41.3. The first-order valence-corrected chi connectivity index (χ1v) is 19.3. The Labute approximate surface area is 310 Å². The number of fused-ring (bicyclic) bond motifs is 1. The first-order valence-electron chi connectivity index (χ1n) is 18.5. The van der Waals surface area contributed by atoms with Crippen LogP contribution < -0.4 is 15.0 Å². The van der Waals surface area contributed by atoms with Crippen LogP contribution in [0.25, 0.3) is 10.8 Å². The molecule has 2 amide bonds. The molecule has 3 aromatic carbocycles. The van der Waals surface area contributed by atoms with Crippen LogP contribution in [-0.4, -0.2) is 62.7 Å². The Morgan fingerprint density at radius 2 is 1.52 bits per heavy atom. The number of phenols is 1. The lowest BCUT2D eigenvalue weighted by atomic mass is 10.0. The number of rotatable bonds is 22. The SMILES string of the molecule is CCCCCCCCCCCCCCN(C(=O)Sc1nnnn1CC(=O)OCCC)c1cccc2c(O)c(C(=O)Nc3ccccc3OC)ccc12. The fourth-order valence-electron chi connectivity index (χ4n) is 5.99. The summed E-state index contributed by atoms with van der Waals surface area (Å²) in [6.45, 7) is 4.62. The Hall–Kier alpha value is -4.65. The van der Waals surface area contributed by atoms with Crippen molar-refractivity contribution in [2.45, 2.75) is 109 Å². The van der Waals surface area contributed by atoms with E-state index < -0.39 is 11.9 Å². The summed E-state index contributed by atoms with van der Waals surface area (Å²) in [5.74, 6) is -0.705. The lowest BCUT2D eigenvalue weighted by Gasteiger charge is -2.24. The van der Waals surface area contributed by atoms with Gasteiger partial charge in [0.15, 0.2) is 0 Å². The molecule has 0 bridgehead atoms. The average molecular weight is 733 g/mol. The van der Waals surface area contributed by atoms with Crippen LogP contribution in [0.1, 0.15) is 108 Å². The smallest absolute Gasteiger partial charge is 0.327 e. The van der Waals surface area contributed by atoms with Crippen molar-refractivity contribution in [1.29, 1.82) is 0 Å². The van der Waals surface area contributed by atoms with Gasteiger partial charge in [-0.25, -0.2) is 4.68 Å². The van der Waals surface area contributed by atoms with Crippen molar-refractivity contribution in [3.8, 4) is 11.5 Å². The van der Waals surface area contributed by atoms with Gasteiger partial charge in [-0.3, -0.25) is 14.4 Å². The fraction of sp³-hybridized carbons (Fsp3) is 0.487.